The molecule has 118 valence electrons. The zero-order valence-corrected chi connectivity index (χ0v) is 12.4. The highest BCUT2D eigenvalue weighted by Crippen LogP contribution is 2.30. The molecular weight excluding hydrogens is 304 g/mol. The van der Waals surface area contributed by atoms with Gasteiger partial charge in [-0.3, -0.25) is 9.78 Å². The fraction of sp³-hybridized carbons (Fsp3) is 0.200. The summed E-state index contributed by atoms with van der Waals surface area (Å²) in [5.74, 6) is -2.95. The van der Waals surface area contributed by atoms with Gasteiger partial charge < -0.3 is 10.3 Å². The molecule has 0 unspecified atom stereocenters. The molecule has 0 aliphatic carbocycles. The average Bonchev–Trinajstić information content (AvgIpc) is 2.89. The third kappa shape index (κ3) is 3.01. The van der Waals surface area contributed by atoms with Crippen LogP contribution in [0, 0.1) is 0 Å². The molecule has 0 bridgehead atoms. The first-order valence-corrected chi connectivity index (χ1v) is 6.80. The van der Waals surface area contributed by atoms with Crippen LogP contribution < -0.4 is 5.32 Å². The zero-order valence-electron chi connectivity index (χ0n) is 12.4. The van der Waals surface area contributed by atoms with E-state index in [0.717, 1.165) is 13.1 Å². The third-order valence-electron chi connectivity index (χ3n) is 3.23. The number of rotatable bonds is 3. The lowest BCUT2D eigenvalue weighted by molar-refractivity contribution is -0.114. The predicted octanol–water partition coefficient (Wildman–Crippen LogP) is 3.09. The molecule has 3 rings (SSSR count). The Morgan fingerprint density at radius 1 is 1.30 bits per heavy atom. The molecule has 0 saturated carbocycles. The van der Waals surface area contributed by atoms with Crippen LogP contribution in [0.5, 0.6) is 0 Å². The Bertz CT molecular complexity index is 885. The molecule has 3 heterocycles. The van der Waals surface area contributed by atoms with Gasteiger partial charge in [-0.15, -0.1) is 0 Å². The Balaban J connectivity index is 2.11. The number of fused-ring (bicyclic) bond motifs is 1. The van der Waals surface area contributed by atoms with Gasteiger partial charge >= 0.3 is 0 Å². The first-order valence-electron chi connectivity index (χ1n) is 6.80. The Morgan fingerprint density at radius 3 is 2.78 bits per heavy atom. The molecule has 0 radical (unpaired) electrons. The van der Waals surface area contributed by atoms with Crippen LogP contribution in [0.2, 0.25) is 0 Å². The second-order valence-electron chi connectivity index (χ2n) is 5.18. The molecule has 0 aliphatic rings. The SMILES string of the molecule is CC(=O)Nc1cc2c(-c3cncc(C(C)(F)F)n3)c[nH]c2cn1. The molecule has 0 spiro atoms. The van der Waals surface area contributed by atoms with Gasteiger partial charge in [0.15, 0.2) is 0 Å². The maximum atomic E-state index is 13.4. The van der Waals surface area contributed by atoms with Crippen molar-refractivity contribution in [2.45, 2.75) is 19.8 Å². The highest BCUT2D eigenvalue weighted by atomic mass is 19.3. The van der Waals surface area contributed by atoms with Crippen LogP contribution in [-0.4, -0.2) is 25.8 Å². The summed E-state index contributed by atoms with van der Waals surface area (Å²) < 4.78 is 26.9. The smallest absolute Gasteiger partial charge is 0.288 e. The molecule has 0 aliphatic heterocycles. The lowest BCUT2D eigenvalue weighted by atomic mass is 10.1. The Morgan fingerprint density at radius 2 is 2.09 bits per heavy atom. The van der Waals surface area contributed by atoms with Gasteiger partial charge in [-0.05, 0) is 6.07 Å². The quantitative estimate of drug-likeness (QED) is 0.777. The van der Waals surface area contributed by atoms with E-state index in [2.05, 4.69) is 25.3 Å². The van der Waals surface area contributed by atoms with E-state index in [9.17, 15) is 13.6 Å². The fourth-order valence-electron chi connectivity index (χ4n) is 2.19. The van der Waals surface area contributed by atoms with Crippen molar-refractivity contribution < 1.29 is 13.6 Å². The number of pyridine rings is 1. The number of H-pyrrole nitrogens is 1. The van der Waals surface area contributed by atoms with E-state index in [1.807, 2.05) is 0 Å². The number of hydrogen-bond donors (Lipinski definition) is 2. The van der Waals surface area contributed by atoms with Crippen LogP contribution in [0.15, 0.2) is 30.9 Å². The molecular formula is C15H13F2N5O. The molecule has 0 atom stereocenters. The van der Waals surface area contributed by atoms with Crippen molar-refractivity contribution in [3.8, 4) is 11.3 Å². The number of halogens is 2. The van der Waals surface area contributed by atoms with Crippen molar-refractivity contribution in [3.05, 3.63) is 36.5 Å². The van der Waals surface area contributed by atoms with Crippen LogP contribution >= 0.6 is 0 Å². The molecule has 3 aromatic heterocycles. The number of carbonyl (C=O) groups excluding carboxylic acids is 1. The minimum Gasteiger partial charge on any atom is -0.359 e. The number of hydrogen-bond acceptors (Lipinski definition) is 4. The summed E-state index contributed by atoms with van der Waals surface area (Å²) in [6, 6.07) is 1.65. The topological polar surface area (TPSA) is 83.6 Å². The van der Waals surface area contributed by atoms with Gasteiger partial charge in [-0.2, -0.15) is 8.78 Å². The summed E-state index contributed by atoms with van der Waals surface area (Å²) in [6.45, 7) is 2.15. The molecule has 23 heavy (non-hydrogen) atoms. The van der Waals surface area contributed by atoms with Crippen LogP contribution in [0.1, 0.15) is 19.5 Å². The lowest BCUT2D eigenvalue weighted by Gasteiger charge is -2.10. The number of aromatic amines is 1. The molecule has 2 N–H and O–H groups in total. The van der Waals surface area contributed by atoms with Crippen LogP contribution in [0.3, 0.4) is 0 Å². The van der Waals surface area contributed by atoms with Gasteiger partial charge in [0.05, 0.1) is 29.8 Å². The van der Waals surface area contributed by atoms with E-state index >= 15 is 0 Å². The van der Waals surface area contributed by atoms with Gasteiger partial charge in [0.1, 0.15) is 11.5 Å². The fourth-order valence-corrected chi connectivity index (χ4v) is 2.19. The van der Waals surface area contributed by atoms with Gasteiger partial charge in [0.2, 0.25) is 5.91 Å². The van der Waals surface area contributed by atoms with E-state index in [0.29, 0.717) is 28.0 Å². The summed E-state index contributed by atoms with van der Waals surface area (Å²) in [6.07, 6.45) is 5.65. The Kier molecular flexibility index (Phi) is 3.51. The van der Waals surface area contributed by atoms with E-state index < -0.39 is 11.6 Å². The van der Waals surface area contributed by atoms with Crippen LogP contribution in [0.4, 0.5) is 14.6 Å². The highest BCUT2D eigenvalue weighted by molar-refractivity contribution is 5.97. The standard InChI is InChI=1S/C15H13F2N5O/c1-8(23)21-14-3-9-10(4-19-11(9)6-20-14)12-5-18-7-13(22-12)15(2,16)17/h3-7,19H,1-2H3,(H,20,21,23). The Hall–Kier alpha value is -2.90. The van der Waals surface area contributed by atoms with Crippen molar-refractivity contribution in [3.63, 3.8) is 0 Å². The molecule has 3 aromatic rings. The maximum absolute atomic E-state index is 13.4. The van der Waals surface area contributed by atoms with Gasteiger partial charge in [-0.25, -0.2) is 9.97 Å². The summed E-state index contributed by atoms with van der Waals surface area (Å²) in [5, 5.41) is 3.28. The molecule has 6 nitrogen and oxygen atoms in total. The second-order valence-corrected chi connectivity index (χ2v) is 5.18. The monoisotopic (exact) mass is 317 g/mol. The highest BCUT2D eigenvalue weighted by Gasteiger charge is 2.27. The van der Waals surface area contributed by atoms with Crippen molar-refractivity contribution in [1.29, 1.82) is 0 Å². The Labute approximate surface area is 130 Å². The van der Waals surface area contributed by atoms with Gasteiger partial charge in [0, 0.05) is 31.0 Å². The molecule has 0 fully saturated rings. The second kappa shape index (κ2) is 5.38. The lowest BCUT2D eigenvalue weighted by Crippen LogP contribution is -2.10. The van der Waals surface area contributed by atoms with E-state index in [-0.39, 0.29) is 5.91 Å². The number of alkyl halides is 2. The average molecular weight is 317 g/mol. The minimum atomic E-state index is -3.07. The van der Waals surface area contributed by atoms with E-state index in [4.69, 9.17) is 0 Å². The van der Waals surface area contributed by atoms with Crippen molar-refractivity contribution in [2.24, 2.45) is 0 Å². The number of anilines is 1. The molecule has 0 aromatic carbocycles. The summed E-state index contributed by atoms with van der Waals surface area (Å²) in [7, 11) is 0. The summed E-state index contributed by atoms with van der Waals surface area (Å²) in [5.41, 5.74) is 1.22. The predicted molar refractivity (Wildman–Crippen MR) is 81.0 cm³/mol. The minimum absolute atomic E-state index is 0.249. The largest absolute Gasteiger partial charge is 0.359 e. The first kappa shape index (κ1) is 15.0. The molecule has 8 heteroatoms. The summed E-state index contributed by atoms with van der Waals surface area (Å²) >= 11 is 0. The molecule has 0 saturated heterocycles. The van der Waals surface area contributed by atoms with Crippen LogP contribution in [0.25, 0.3) is 22.2 Å². The van der Waals surface area contributed by atoms with E-state index in [1.165, 1.54) is 13.1 Å². The number of nitrogens with one attached hydrogen (secondary N) is 2. The van der Waals surface area contributed by atoms with Crippen molar-refractivity contribution in [2.75, 3.05) is 5.32 Å². The number of nitrogens with zero attached hydrogens (tertiary/aromatic N) is 3. The molecule has 1 amide bonds. The van der Waals surface area contributed by atoms with Crippen LogP contribution in [-0.2, 0) is 10.7 Å². The number of aromatic nitrogens is 4. The number of amides is 1. The number of carbonyl (C=O) groups is 1. The van der Waals surface area contributed by atoms with E-state index in [1.54, 1.807) is 18.5 Å². The van der Waals surface area contributed by atoms with Gasteiger partial charge in [-0.1, -0.05) is 0 Å². The maximum Gasteiger partial charge on any atom is 0.288 e. The van der Waals surface area contributed by atoms with Gasteiger partial charge in [0.25, 0.3) is 5.92 Å². The first-order chi connectivity index (χ1) is 10.8. The third-order valence-corrected chi connectivity index (χ3v) is 3.23. The van der Waals surface area contributed by atoms with Crippen molar-refractivity contribution >= 4 is 22.6 Å². The van der Waals surface area contributed by atoms with Crippen molar-refractivity contribution in [1.82, 2.24) is 19.9 Å². The zero-order chi connectivity index (χ0) is 16.6. The normalized spacial score (nSPS) is 11.7. The summed E-state index contributed by atoms with van der Waals surface area (Å²) in [4.78, 5) is 26.0.